The molecular formula is C29H28ClF2N5O4. The molecule has 12 heteroatoms. The Kier molecular flexibility index (Phi) is 8.07. The number of rotatable bonds is 3. The minimum Gasteiger partial charge on any atom is -0.453 e. The molecule has 0 radical (unpaired) electrons. The second-order valence-electron chi connectivity index (χ2n) is 10.1. The number of aromatic amines is 1. The molecule has 0 spiro atoms. The van der Waals surface area contributed by atoms with Crippen LogP contribution in [-0.4, -0.2) is 46.4 Å². The molecule has 3 amide bonds. The smallest absolute Gasteiger partial charge is 0.411 e. The van der Waals surface area contributed by atoms with E-state index in [4.69, 9.17) is 11.6 Å². The maximum Gasteiger partial charge on any atom is 0.411 e. The molecule has 3 N–H and O–H groups in total. The van der Waals surface area contributed by atoms with E-state index in [-0.39, 0.29) is 46.9 Å². The van der Waals surface area contributed by atoms with Crippen molar-refractivity contribution < 1.29 is 27.9 Å². The lowest BCUT2D eigenvalue weighted by Gasteiger charge is -2.34. The van der Waals surface area contributed by atoms with Crippen molar-refractivity contribution in [3.05, 3.63) is 70.5 Å². The van der Waals surface area contributed by atoms with Gasteiger partial charge in [-0.1, -0.05) is 24.9 Å². The van der Waals surface area contributed by atoms with E-state index in [2.05, 4.69) is 25.3 Å². The number of imidazole rings is 1. The lowest BCUT2D eigenvalue weighted by atomic mass is 9.94. The van der Waals surface area contributed by atoms with Crippen molar-refractivity contribution in [1.29, 1.82) is 0 Å². The largest absolute Gasteiger partial charge is 0.453 e. The summed E-state index contributed by atoms with van der Waals surface area (Å²) in [7, 11) is 1.25. The Labute approximate surface area is 239 Å². The summed E-state index contributed by atoms with van der Waals surface area (Å²) in [6.07, 6.45) is 4.22. The number of carbonyl (C=O) groups is 3. The Balaban J connectivity index is 1.49. The maximum atomic E-state index is 14.7. The predicted octanol–water partition coefficient (Wildman–Crippen LogP) is 6.30. The molecule has 9 nitrogen and oxygen atoms in total. The molecule has 2 aliphatic heterocycles. The first-order valence-electron chi connectivity index (χ1n) is 13.2. The summed E-state index contributed by atoms with van der Waals surface area (Å²) in [5, 5.41) is 5.31. The fourth-order valence-electron chi connectivity index (χ4n) is 5.21. The van der Waals surface area contributed by atoms with Crippen LogP contribution in [0.25, 0.3) is 17.0 Å². The average molecular weight is 584 g/mol. The molecule has 5 rings (SSSR count). The Morgan fingerprint density at radius 1 is 1.20 bits per heavy atom. The van der Waals surface area contributed by atoms with Crippen LogP contribution >= 0.6 is 11.6 Å². The molecule has 1 aromatic heterocycles. The molecule has 214 valence electrons. The molecule has 3 heterocycles. The summed E-state index contributed by atoms with van der Waals surface area (Å²) < 4.78 is 33.8. The van der Waals surface area contributed by atoms with Gasteiger partial charge in [0.2, 0.25) is 11.8 Å². The third-order valence-electron chi connectivity index (χ3n) is 7.43. The van der Waals surface area contributed by atoms with E-state index >= 15 is 0 Å². The molecule has 0 saturated carbocycles. The van der Waals surface area contributed by atoms with Crippen molar-refractivity contribution in [3.8, 4) is 11.4 Å². The monoisotopic (exact) mass is 583 g/mol. The van der Waals surface area contributed by atoms with E-state index in [1.54, 1.807) is 29.3 Å². The number of methoxy groups -OCH3 is 1. The minimum absolute atomic E-state index is 0.197. The number of anilines is 2. The summed E-state index contributed by atoms with van der Waals surface area (Å²) >= 11 is 5.87. The first-order valence-corrected chi connectivity index (χ1v) is 13.5. The molecule has 41 heavy (non-hydrogen) atoms. The molecule has 2 unspecified atom stereocenters. The normalized spacial score (nSPS) is 19.3. The van der Waals surface area contributed by atoms with Gasteiger partial charge in [0.25, 0.3) is 0 Å². The number of benzene rings is 2. The average Bonchev–Trinajstić information content (AvgIpc) is 3.43. The van der Waals surface area contributed by atoms with Crippen molar-refractivity contribution in [2.24, 2.45) is 5.92 Å². The molecule has 0 fully saturated rings. The number of aromatic nitrogens is 2. The summed E-state index contributed by atoms with van der Waals surface area (Å²) in [6.45, 7) is 2.05. The summed E-state index contributed by atoms with van der Waals surface area (Å²) in [5.41, 5.74) is 2.11. The molecule has 0 saturated heterocycles. The number of halogens is 3. The minimum atomic E-state index is -0.890. The van der Waals surface area contributed by atoms with Gasteiger partial charge in [-0.05, 0) is 55.2 Å². The lowest BCUT2D eigenvalue weighted by molar-refractivity contribution is -0.129. The summed E-state index contributed by atoms with van der Waals surface area (Å²) in [6, 6.07) is 6.81. The third kappa shape index (κ3) is 5.81. The van der Waals surface area contributed by atoms with Gasteiger partial charge < -0.3 is 19.9 Å². The number of ether oxygens (including phenoxy) is 1. The van der Waals surface area contributed by atoms with Crippen LogP contribution in [0.5, 0.6) is 0 Å². The SMILES string of the molecule is COC(=O)Nc1ccc2c(c1)NC(=O)C(C)CCCC(N1CCC(c3c(F)ccc(Cl)c3F)=CC1=O)c1cnc-2[nH]1. The number of carbonyl (C=O) groups excluding carboxylic acids is 3. The number of nitrogens with one attached hydrogen (secondary N) is 3. The van der Waals surface area contributed by atoms with E-state index in [1.165, 1.54) is 13.2 Å². The van der Waals surface area contributed by atoms with Crippen LogP contribution in [0.2, 0.25) is 5.02 Å². The molecule has 2 atom stereocenters. The third-order valence-corrected chi connectivity index (χ3v) is 7.72. The van der Waals surface area contributed by atoms with Gasteiger partial charge in [-0.25, -0.2) is 18.6 Å². The van der Waals surface area contributed by atoms with Crippen LogP contribution in [0.15, 0.2) is 42.6 Å². The van der Waals surface area contributed by atoms with Gasteiger partial charge in [0.1, 0.15) is 11.6 Å². The van der Waals surface area contributed by atoms with Crippen molar-refractivity contribution in [2.75, 3.05) is 24.3 Å². The van der Waals surface area contributed by atoms with Gasteiger partial charge in [-0.2, -0.15) is 0 Å². The number of nitrogens with zero attached hydrogens (tertiary/aromatic N) is 2. The van der Waals surface area contributed by atoms with Gasteiger partial charge in [-0.3, -0.25) is 14.9 Å². The second-order valence-corrected chi connectivity index (χ2v) is 10.5. The van der Waals surface area contributed by atoms with E-state index in [0.717, 1.165) is 12.1 Å². The standard InChI is InChI=1S/C29H28ClF2N5O4/c1-15-4-3-5-23(37-11-10-16(12-24(37)38)25-20(31)9-8-19(30)26(25)32)22-14-33-27(35-22)18-7-6-17(34-29(40)41-2)13-21(18)36-28(15)39/h6-9,12-15,23H,3-5,10-11H2,1-2H3,(H,33,35)(H,34,40)(H,36,39). The van der Waals surface area contributed by atoms with Crippen molar-refractivity contribution in [2.45, 2.75) is 38.6 Å². The summed E-state index contributed by atoms with van der Waals surface area (Å²) in [4.78, 5) is 47.6. The molecule has 2 aromatic carbocycles. The molecule has 0 aliphatic carbocycles. The van der Waals surface area contributed by atoms with Crippen LogP contribution in [0.1, 0.15) is 49.9 Å². The Morgan fingerprint density at radius 2 is 2.00 bits per heavy atom. The fourth-order valence-corrected chi connectivity index (χ4v) is 5.37. The van der Waals surface area contributed by atoms with Gasteiger partial charge in [0, 0.05) is 29.8 Å². The zero-order valence-electron chi connectivity index (χ0n) is 22.4. The highest BCUT2D eigenvalue weighted by Crippen LogP contribution is 2.37. The number of hydrogen-bond acceptors (Lipinski definition) is 5. The van der Waals surface area contributed by atoms with Gasteiger partial charge >= 0.3 is 6.09 Å². The van der Waals surface area contributed by atoms with Gasteiger partial charge in [0.15, 0.2) is 5.82 Å². The van der Waals surface area contributed by atoms with E-state index in [9.17, 15) is 23.2 Å². The van der Waals surface area contributed by atoms with Crippen molar-refractivity contribution in [1.82, 2.24) is 14.9 Å². The fraction of sp³-hybridized carbons (Fsp3) is 0.310. The molecular weight excluding hydrogens is 556 g/mol. The number of fused-ring (bicyclic) bond motifs is 4. The van der Waals surface area contributed by atoms with Crippen molar-refractivity contribution >= 4 is 46.5 Å². The number of hydrogen-bond donors (Lipinski definition) is 3. The van der Waals surface area contributed by atoms with E-state index < -0.39 is 23.8 Å². The van der Waals surface area contributed by atoms with E-state index in [1.807, 2.05) is 6.92 Å². The van der Waals surface area contributed by atoms with Gasteiger partial charge in [0.05, 0.1) is 41.3 Å². The zero-order valence-corrected chi connectivity index (χ0v) is 23.1. The lowest BCUT2D eigenvalue weighted by Crippen LogP contribution is -2.37. The van der Waals surface area contributed by atoms with E-state index in [0.29, 0.717) is 47.7 Å². The highest BCUT2D eigenvalue weighted by molar-refractivity contribution is 6.31. The number of H-pyrrole nitrogens is 1. The van der Waals surface area contributed by atoms with Crippen LogP contribution in [0, 0.1) is 17.6 Å². The highest BCUT2D eigenvalue weighted by atomic mass is 35.5. The van der Waals surface area contributed by atoms with Crippen LogP contribution < -0.4 is 10.6 Å². The zero-order chi connectivity index (χ0) is 29.3. The Bertz CT molecular complexity index is 1560. The Hall–Kier alpha value is -4.25. The van der Waals surface area contributed by atoms with Crippen LogP contribution in [0.4, 0.5) is 25.0 Å². The molecule has 3 aromatic rings. The maximum absolute atomic E-state index is 14.7. The highest BCUT2D eigenvalue weighted by Gasteiger charge is 2.31. The quantitative estimate of drug-likeness (QED) is 0.313. The second kappa shape index (κ2) is 11.7. The molecule has 2 aliphatic rings. The van der Waals surface area contributed by atoms with Gasteiger partial charge in [-0.15, -0.1) is 0 Å². The number of amides is 3. The predicted molar refractivity (Wildman–Crippen MR) is 150 cm³/mol. The Morgan fingerprint density at radius 3 is 2.76 bits per heavy atom. The topological polar surface area (TPSA) is 116 Å². The van der Waals surface area contributed by atoms with Crippen LogP contribution in [-0.2, 0) is 14.3 Å². The van der Waals surface area contributed by atoms with Crippen molar-refractivity contribution in [3.63, 3.8) is 0 Å². The first kappa shape index (κ1) is 28.3. The van der Waals surface area contributed by atoms with Crippen LogP contribution in [0.3, 0.4) is 0 Å². The first-order chi connectivity index (χ1) is 19.7. The summed E-state index contributed by atoms with van der Waals surface area (Å²) in [5.74, 6) is -2.12. The molecule has 2 bridgehead atoms.